The van der Waals surface area contributed by atoms with Crippen molar-refractivity contribution in [2.45, 2.75) is 12.8 Å². The molecule has 0 aromatic heterocycles. The summed E-state index contributed by atoms with van der Waals surface area (Å²) in [6.45, 7) is 2.64. The van der Waals surface area contributed by atoms with E-state index in [0.717, 1.165) is 0 Å². The fourth-order valence-corrected chi connectivity index (χ4v) is 0.875. The van der Waals surface area contributed by atoms with Crippen molar-refractivity contribution in [3.8, 4) is 0 Å². The van der Waals surface area contributed by atoms with Crippen LogP contribution in [0.15, 0.2) is 0 Å². The predicted molar refractivity (Wildman–Crippen MR) is 41.7 cm³/mol. The van der Waals surface area contributed by atoms with Gasteiger partial charge in [0.05, 0.1) is 0 Å². The van der Waals surface area contributed by atoms with Gasteiger partial charge in [-0.15, -0.1) is 0 Å². The van der Waals surface area contributed by atoms with Crippen molar-refractivity contribution in [2.24, 2.45) is 0 Å². The van der Waals surface area contributed by atoms with Gasteiger partial charge in [-0.1, -0.05) is 0 Å². The van der Waals surface area contributed by atoms with E-state index >= 15 is 0 Å². The van der Waals surface area contributed by atoms with E-state index in [1.165, 1.54) is 25.9 Å². The molecule has 0 saturated carbocycles. The molecule has 0 unspecified atom stereocenters. The molecule has 0 bridgehead atoms. The predicted octanol–water partition coefficient (Wildman–Crippen LogP) is 0.548. The van der Waals surface area contributed by atoms with Crippen LogP contribution in [0.25, 0.3) is 0 Å². The highest BCUT2D eigenvalue weighted by atomic mass is 15.1. The minimum absolute atomic E-state index is 1.32. The van der Waals surface area contributed by atoms with E-state index in [1.54, 1.807) is 0 Å². The first-order valence-electron chi connectivity index (χ1n) is 3.58. The Bertz CT molecular complexity index is 48.9. The zero-order valence-corrected chi connectivity index (χ0v) is 6.78. The molecule has 56 valence electrons. The van der Waals surface area contributed by atoms with E-state index in [4.69, 9.17) is 0 Å². The third kappa shape index (κ3) is 5.80. The lowest BCUT2D eigenvalue weighted by Gasteiger charge is -2.01. The normalized spacial score (nSPS) is 19.0. The largest absolute Gasteiger partial charge is 0.323 e. The minimum Gasteiger partial charge on any atom is -0.323 e. The lowest BCUT2D eigenvalue weighted by atomic mass is 10.4. The second kappa shape index (κ2) is 6.05. The summed E-state index contributed by atoms with van der Waals surface area (Å²) < 4.78 is 0. The van der Waals surface area contributed by atoms with E-state index in [-0.39, 0.29) is 0 Å². The second-order valence-electron chi connectivity index (χ2n) is 2.51. The first kappa shape index (κ1) is 8.92. The molecule has 1 heterocycles. The molecule has 0 radical (unpaired) electrons. The van der Waals surface area contributed by atoms with E-state index in [2.05, 4.69) is 17.3 Å². The van der Waals surface area contributed by atoms with Crippen molar-refractivity contribution in [1.29, 1.82) is 0 Å². The zero-order chi connectivity index (χ0) is 7.11. The van der Waals surface area contributed by atoms with Gasteiger partial charge in [0.2, 0.25) is 0 Å². The van der Waals surface area contributed by atoms with Gasteiger partial charge in [0.1, 0.15) is 0 Å². The lowest BCUT2D eigenvalue weighted by Crippen LogP contribution is -2.10. The number of hydrogen-bond donors (Lipinski definition) is 1. The zero-order valence-electron chi connectivity index (χ0n) is 6.78. The molecule has 1 rings (SSSR count). The topological polar surface area (TPSA) is 15.3 Å². The van der Waals surface area contributed by atoms with Crippen LogP contribution in [0.2, 0.25) is 0 Å². The third-order valence-corrected chi connectivity index (χ3v) is 1.33. The Morgan fingerprint density at radius 3 is 1.56 bits per heavy atom. The van der Waals surface area contributed by atoms with Crippen LogP contribution in [0.5, 0.6) is 0 Å². The summed E-state index contributed by atoms with van der Waals surface area (Å²) in [4.78, 5) is 2.36. The van der Waals surface area contributed by atoms with Crippen LogP contribution in [0.1, 0.15) is 12.8 Å². The second-order valence-corrected chi connectivity index (χ2v) is 2.51. The van der Waals surface area contributed by atoms with Gasteiger partial charge in [0.15, 0.2) is 0 Å². The van der Waals surface area contributed by atoms with Crippen LogP contribution in [0.4, 0.5) is 0 Å². The summed E-state index contributed by atoms with van der Waals surface area (Å²) >= 11 is 0. The van der Waals surface area contributed by atoms with Crippen molar-refractivity contribution >= 4 is 0 Å². The van der Waals surface area contributed by atoms with E-state index in [9.17, 15) is 0 Å². The average molecular weight is 130 g/mol. The summed E-state index contributed by atoms with van der Waals surface area (Å²) in [5.41, 5.74) is 0. The molecule has 0 aromatic rings. The average Bonchev–Trinajstić information content (AvgIpc) is 2.20. The van der Waals surface area contributed by atoms with Crippen LogP contribution in [-0.2, 0) is 0 Å². The van der Waals surface area contributed by atoms with Crippen LogP contribution in [0, 0.1) is 0 Å². The maximum atomic E-state index is 2.75. The molecular weight excluding hydrogens is 112 g/mol. The molecule has 9 heavy (non-hydrogen) atoms. The molecule has 1 aliphatic rings. The Morgan fingerprint density at radius 2 is 1.44 bits per heavy atom. The Kier molecular flexibility index (Phi) is 5.99. The van der Waals surface area contributed by atoms with Crippen molar-refractivity contribution < 1.29 is 0 Å². The minimum atomic E-state index is 1.32. The van der Waals surface area contributed by atoms with Gasteiger partial charge in [-0.3, -0.25) is 0 Å². The molecule has 0 amide bonds. The number of nitrogens with one attached hydrogen (secondary N) is 1. The third-order valence-electron chi connectivity index (χ3n) is 1.33. The van der Waals surface area contributed by atoms with Crippen LogP contribution < -0.4 is 5.32 Å². The molecule has 0 spiro atoms. The number of nitrogens with zero attached hydrogens (tertiary/aromatic N) is 1. The van der Waals surface area contributed by atoms with Crippen molar-refractivity contribution in [1.82, 2.24) is 10.2 Å². The van der Waals surface area contributed by atoms with Crippen LogP contribution in [-0.4, -0.2) is 39.1 Å². The van der Waals surface area contributed by atoms with Crippen molar-refractivity contribution in [3.63, 3.8) is 0 Å². The summed E-state index contributed by atoms with van der Waals surface area (Å²) in [5, 5.41) is 2.75. The quantitative estimate of drug-likeness (QED) is 0.515. The fraction of sp³-hybridized carbons (Fsp3) is 1.00. The summed E-state index contributed by atoms with van der Waals surface area (Å²) in [6.07, 6.45) is 2.83. The highest BCUT2D eigenvalue weighted by molar-refractivity contribution is 4.59. The molecule has 0 atom stereocenters. The highest BCUT2D eigenvalue weighted by Gasteiger charge is 2.03. The fourth-order valence-electron chi connectivity index (χ4n) is 0.875. The molecule has 0 aliphatic carbocycles. The van der Waals surface area contributed by atoms with Crippen molar-refractivity contribution in [3.05, 3.63) is 0 Å². The van der Waals surface area contributed by atoms with Gasteiger partial charge in [-0.2, -0.15) is 0 Å². The number of hydrogen-bond acceptors (Lipinski definition) is 2. The summed E-state index contributed by atoms with van der Waals surface area (Å²) in [6, 6.07) is 0. The molecule has 2 heteroatoms. The monoisotopic (exact) mass is 130 g/mol. The first-order chi connectivity index (χ1) is 4.31. The van der Waals surface area contributed by atoms with Gasteiger partial charge < -0.3 is 10.2 Å². The van der Waals surface area contributed by atoms with Crippen LogP contribution in [0.3, 0.4) is 0 Å². The van der Waals surface area contributed by atoms with Gasteiger partial charge >= 0.3 is 0 Å². The Morgan fingerprint density at radius 1 is 1.11 bits per heavy atom. The van der Waals surface area contributed by atoms with E-state index in [0.29, 0.717) is 0 Å². The molecule has 1 aliphatic heterocycles. The maximum absolute atomic E-state index is 2.75. The first-order valence-corrected chi connectivity index (χ1v) is 3.58. The van der Waals surface area contributed by atoms with Gasteiger partial charge in [0, 0.05) is 0 Å². The Hall–Kier alpha value is -0.0800. The van der Waals surface area contributed by atoms with Crippen molar-refractivity contribution in [2.75, 3.05) is 34.2 Å². The van der Waals surface area contributed by atoms with Crippen LogP contribution >= 0.6 is 0 Å². The summed E-state index contributed by atoms with van der Waals surface area (Å²) in [5.74, 6) is 0. The maximum Gasteiger partial charge on any atom is -0.00213 e. The molecule has 0 aromatic carbocycles. The molecule has 1 saturated heterocycles. The summed E-state index contributed by atoms with van der Waals surface area (Å²) in [7, 11) is 5.92. The Labute approximate surface area is 58.2 Å². The molecule has 1 N–H and O–H groups in total. The van der Waals surface area contributed by atoms with E-state index in [1.807, 2.05) is 14.1 Å². The SMILES string of the molecule is CN1CCCC1.CNC. The molecular formula is C7H18N2. The van der Waals surface area contributed by atoms with Gasteiger partial charge in [0.25, 0.3) is 0 Å². The molecule has 1 fully saturated rings. The van der Waals surface area contributed by atoms with Gasteiger partial charge in [-0.05, 0) is 47.1 Å². The highest BCUT2D eigenvalue weighted by Crippen LogP contribution is 2.01. The standard InChI is InChI=1S/C5H11N.C2H7N/c1-6-4-2-3-5-6;1-3-2/h2-5H2,1H3;3H,1-2H3. The lowest BCUT2D eigenvalue weighted by molar-refractivity contribution is 0.418. The van der Waals surface area contributed by atoms with E-state index < -0.39 is 0 Å². The smallest absolute Gasteiger partial charge is 0.00213 e. The number of likely N-dealkylation sites (tertiary alicyclic amines) is 1. The Balaban J connectivity index is 0.000000187. The van der Waals surface area contributed by atoms with Gasteiger partial charge in [-0.25, -0.2) is 0 Å². The number of rotatable bonds is 0. The molecule has 2 nitrogen and oxygen atoms in total.